The van der Waals surface area contributed by atoms with Crippen molar-refractivity contribution in [2.24, 2.45) is 7.05 Å². The number of aromatic nitrogens is 4. The highest BCUT2D eigenvalue weighted by atomic mass is 16.2. The maximum absolute atomic E-state index is 12.1. The average molecular weight is 313 g/mol. The number of hydrogen-bond acceptors (Lipinski definition) is 4. The highest BCUT2D eigenvalue weighted by Gasteiger charge is 2.15. The van der Waals surface area contributed by atoms with Gasteiger partial charge in [-0.3, -0.25) is 14.3 Å². The van der Waals surface area contributed by atoms with E-state index in [1.807, 2.05) is 25.1 Å². The zero-order valence-electron chi connectivity index (χ0n) is 13.2. The Kier molecular flexibility index (Phi) is 4.01. The summed E-state index contributed by atoms with van der Waals surface area (Å²) in [4.78, 5) is 30.5. The van der Waals surface area contributed by atoms with E-state index in [2.05, 4.69) is 27.4 Å². The number of H-pyrrole nitrogens is 1. The highest BCUT2D eigenvalue weighted by Crippen LogP contribution is 2.15. The van der Waals surface area contributed by atoms with E-state index in [1.54, 1.807) is 11.6 Å². The molecule has 3 aromatic rings. The SMILES string of the molecule is CCn1c(NCCc2ccccc2)nc2c1c(=O)[nH]c(=O)n2C. The van der Waals surface area contributed by atoms with Crippen LogP contribution in [0.3, 0.4) is 0 Å². The first-order chi connectivity index (χ1) is 11.1. The lowest BCUT2D eigenvalue weighted by Crippen LogP contribution is -2.29. The third kappa shape index (κ3) is 2.77. The minimum Gasteiger partial charge on any atom is -0.355 e. The second-order valence-electron chi connectivity index (χ2n) is 5.33. The molecule has 0 aliphatic rings. The molecule has 0 spiro atoms. The number of anilines is 1. The van der Waals surface area contributed by atoms with Gasteiger partial charge in [-0.1, -0.05) is 30.3 Å². The Hall–Kier alpha value is -2.83. The van der Waals surface area contributed by atoms with Crippen molar-refractivity contribution in [3.8, 4) is 0 Å². The molecular formula is C16H19N5O2. The molecule has 7 heteroatoms. The van der Waals surface area contributed by atoms with Gasteiger partial charge in [0.15, 0.2) is 11.2 Å². The number of benzene rings is 1. The second-order valence-corrected chi connectivity index (χ2v) is 5.33. The largest absolute Gasteiger partial charge is 0.355 e. The smallest absolute Gasteiger partial charge is 0.329 e. The summed E-state index contributed by atoms with van der Waals surface area (Å²) in [5.41, 5.74) is 1.16. The van der Waals surface area contributed by atoms with Gasteiger partial charge in [-0.2, -0.15) is 4.98 Å². The van der Waals surface area contributed by atoms with Crippen molar-refractivity contribution in [3.05, 3.63) is 56.7 Å². The van der Waals surface area contributed by atoms with Crippen molar-refractivity contribution in [3.63, 3.8) is 0 Å². The number of nitrogens with one attached hydrogen (secondary N) is 2. The van der Waals surface area contributed by atoms with E-state index in [9.17, 15) is 9.59 Å². The van der Waals surface area contributed by atoms with Gasteiger partial charge in [-0.25, -0.2) is 4.79 Å². The zero-order valence-corrected chi connectivity index (χ0v) is 13.2. The van der Waals surface area contributed by atoms with Crippen LogP contribution in [0.1, 0.15) is 12.5 Å². The number of hydrogen-bond donors (Lipinski definition) is 2. The lowest BCUT2D eigenvalue weighted by atomic mass is 10.1. The van der Waals surface area contributed by atoms with Gasteiger partial charge in [-0.05, 0) is 18.9 Å². The molecule has 23 heavy (non-hydrogen) atoms. The van der Waals surface area contributed by atoms with Crippen LogP contribution in [0, 0.1) is 0 Å². The van der Waals surface area contributed by atoms with Crippen molar-refractivity contribution in [2.45, 2.75) is 19.9 Å². The molecule has 0 radical (unpaired) electrons. The lowest BCUT2D eigenvalue weighted by molar-refractivity contribution is 0.777. The van der Waals surface area contributed by atoms with Gasteiger partial charge < -0.3 is 9.88 Å². The number of imidazole rings is 1. The van der Waals surface area contributed by atoms with E-state index in [4.69, 9.17) is 0 Å². The summed E-state index contributed by atoms with van der Waals surface area (Å²) in [6.45, 7) is 3.22. The molecule has 0 bridgehead atoms. The summed E-state index contributed by atoms with van der Waals surface area (Å²) in [6.07, 6.45) is 0.850. The highest BCUT2D eigenvalue weighted by molar-refractivity contribution is 5.74. The Bertz CT molecular complexity index is 937. The van der Waals surface area contributed by atoms with Gasteiger partial charge in [0.05, 0.1) is 0 Å². The van der Waals surface area contributed by atoms with Crippen LogP contribution >= 0.6 is 0 Å². The van der Waals surface area contributed by atoms with Crippen molar-refractivity contribution in [1.82, 2.24) is 19.1 Å². The van der Waals surface area contributed by atoms with Crippen LogP contribution in [-0.2, 0) is 20.0 Å². The fourth-order valence-corrected chi connectivity index (χ4v) is 2.64. The molecule has 2 aromatic heterocycles. The van der Waals surface area contributed by atoms with E-state index in [1.165, 1.54) is 10.1 Å². The molecule has 0 aliphatic heterocycles. The van der Waals surface area contributed by atoms with Crippen LogP contribution < -0.4 is 16.6 Å². The minimum atomic E-state index is -0.459. The van der Waals surface area contributed by atoms with Crippen LogP contribution in [0.25, 0.3) is 11.2 Å². The van der Waals surface area contributed by atoms with Crippen LogP contribution in [0.15, 0.2) is 39.9 Å². The molecule has 2 heterocycles. The summed E-state index contributed by atoms with van der Waals surface area (Å²) < 4.78 is 3.14. The number of aromatic amines is 1. The molecule has 0 saturated heterocycles. The number of rotatable bonds is 5. The molecule has 120 valence electrons. The van der Waals surface area contributed by atoms with Crippen molar-refractivity contribution in [1.29, 1.82) is 0 Å². The summed E-state index contributed by atoms with van der Waals surface area (Å²) in [5.74, 6) is 0.602. The number of nitrogens with zero attached hydrogens (tertiary/aromatic N) is 3. The van der Waals surface area contributed by atoms with Crippen molar-refractivity contribution >= 4 is 17.1 Å². The van der Waals surface area contributed by atoms with Gasteiger partial charge in [0.25, 0.3) is 5.56 Å². The first kappa shape index (κ1) is 15.1. The van der Waals surface area contributed by atoms with E-state index >= 15 is 0 Å². The van der Waals surface area contributed by atoms with Crippen molar-refractivity contribution in [2.75, 3.05) is 11.9 Å². The minimum absolute atomic E-state index is 0.391. The molecular weight excluding hydrogens is 294 g/mol. The summed E-state index contributed by atoms with van der Waals surface area (Å²) in [6, 6.07) is 10.1. The molecule has 2 N–H and O–H groups in total. The summed E-state index contributed by atoms with van der Waals surface area (Å²) in [7, 11) is 1.60. The van der Waals surface area contributed by atoms with E-state index in [0.717, 1.165) is 6.42 Å². The fourth-order valence-electron chi connectivity index (χ4n) is 2.64. The Morgan fingerprint density at radius 1 is 1.22 bits per heavy atom. The van der Waals surface area contributed by atoms with Crippen LogP contribution in [0.2, 0.25) is 0 Å². The third-order valence-electron chi connectivity index (χ3n) is 3.86. The number of aryl methyl sites for hydroxylation is 2. The Balaban J connectivity index is 1.92. The first-order valence-corrected chi connectivity index (χ1v) is 7.59. The van der Waals surface area contributed by atoms with Gasteiger partial charge in [-0.15, -0.1) is 0 Å². The molecule has 0 fully saturated rings. The lowest BCUT2D eigenvalue weighted by Gasteiger charge is -2.08. The van der Waals surface area contributed by atoms with E-state index in [0.29, 0.717) is 30.2 Å². The molecule has 7 nitrogen and oxygen atoms in total. The van der Waals surface area contributed by atoms with Crippen LogP contribution in [0.4, 0.5) is 5.95 Å². The van der Waals surface area contributed by atoms with Gasteiger partial charge in [0.1, 0.15) is 0 Å². The molecule has 1 aromatic carbocycles. The molecule has 3 rings (SSSR count). The molecule has 0 aliphatic carbocycles. The van der Waals surface area contributed by atoms with Crippen molar-refractivity contribution < 1.29 is 0 Å². The molecule has 0 amide bonds. The monoisotopic (exact) mass is 313 g/mol. The van der Waals surface area contributed by atoms with Gasteiger partial charge >= 0.3 is 5.69 Å². The maximum atomic E-state index is 12.1. The van der Waals surface area contributed by atoms with E-state index in [-0.39, 0.29) is 0 Å². The zero-order chi connectivity index (χ0) is 16.4. The molecule has 0 atom stereocenters. The quantitative estimate of drug-likeness (QED) is 0.738. The predicted octanol–water partition coefficient (Wildman–Crippen LogP) is 1.10. The second kappa shape index (κ2) is 6.12. The summed E-state index contributed by atoms with van der Waals surface area (Å²) >= 11 is 0. The predicted molar refractivity (Wildman–Crippen MR) is 89.9 cm³/mol. The third-order valence-corrected chi connectivity index (χ3v) is 3.86. The van der Waals surface area contributed by atoms with Gasteiger partial charge in [0, 0.05) is 20.1 Å². The van der Waals surface area contributed by atoms with Crippen LogP contribution in [0.5, 0.6) is 0 Å². The number of fused-ring (bicyclic) bond motifs is 1. The standard InChI is InChI=1S/C16H19N5O2/c1-3-21-12-13(20(2)16(23)19-14(12)22)18-15(21)17-10-9-11-7-5-4-6-8-11/h4-8H,3,9-10H2,1-2H3,(H,17,18)(H,19,22,23). The van der Waals surface area contributed by atoms with Gasteiger partial charge in [0.2, 0.25) is 5.95 Å². The maximum Gasteiger partial charge on any atom is 0.329 e. The topological polar surface area (TPSA) is 84.7 Å². The van der Waals surface area contributed by atoms with E-state index < -0.39 is 11.2 Å². The first-order valence-electron chi connectivity index (χ1n) is 7.59. The Labute approximate surface area is 132 Å². The molecule has 0 unspecified atom stereocenters. The Morgan fingerprint density at radius 2 is 1.96 bits per heavy atom. The summed E-state index contributed by atoms with van der Waals surface area (Å²) in [5, 5.41) is 3.26. The normalized spacial score (nSPS) is 11.0. The fraction of sp³-hybridized carbons (Fsp3) is 0.312. The average Bonchev–Trinajstić information content (AvgIpc) is 2.93. The van der Waals surface area contributed by atoms with Crippen LogP contribution in [-0.4, -0.2) is 25.6 Å². The molecule has 0 saturated carbocycles. The Morgan fingerprint density at radius 3 is 2.65 bits per heavy atom.